The molecule has 0 spiro atoms. The second kappa shape index (κ2) is 67.9. The van der Waals surface area contributed by atoms with Gasteiger partial charge >= 0.3 is 39.5 Å². The Morgan fingerprint density at radius 1 is 0.284 bits per heavy atom. The first-order chi connectivity index (χ1) is 45.9. The number of rotatable bonds is 75. The van der Waals surface area contributed by atoms with Gasteiger partial charge in [0.15, 0.2) is 12.2 Å². The summed E-state index contributed by atoms with van der Waals surface area (Å²) in [6.45, 7) is 9.56. The fraction of sp³-hybridized carbons (Fsp3) is 0.947. The lowest BCUT2D eigenvalue weighted by molar-refractivity contribution is -0.161. The minimum Gasteiger partial charge on any atom is -0.462 e. The predicted octanol–water partition coefficient (Wildman–Crippen LogP) is 22.3. The number of carbonyl (C=O) groups is 4. The van der Waals surface area contributed by atoms with Crippen molar-refractivity contribution in [2.75, 3.05) is 39.6 Å². The Bertz CT molecular complexity index is 1840. The third-order valence-electron chi connectivity index (χ3n) is 17.7. The summed E-state index contributed by atoms with van der Waals surface area (Å²) in [5, 5.41) is 10.6. The fourth-order valence-electron chi connectivity index (χ4n) is 11.7. The van der Waals surface area contributed by atoms with Gasteiger partial charge in [0, 0.05) is 25.7 Å². The summed E-state index contributed by atoms with van der Waals surface area (Å²) >= 11 is 0. The summed E-state index contributed by atoms with van der Waals surface area (Å²) in [7, 11) is -9.90. The Balaban J connectivity index is 5.13. The number of phosphoric acid groups is 2. The van der Waals surface area contributed by atoms with Crippen molar-refractivity contribution in [3.05, 3.63) is 0 Å². The molecule has 564 valence electrons. The Kier molecular flexibility index (Phi) is 66.5. The fourth-order valence-corrected chi connectivity index (χ4v) is 13.2. The molecule has 3 N–H and O–H groups in total. The largest absolute Gasteiger partial charge is 0.472 e. The van der Waals surface area contributed by atoms with Gasteiger partial charge in [0.2, 0.25) is 0 Å². The normalized spacial score (nSPS) is 14.0. The van der Waals surface area contributed by atoms with Crippen LogP contribution in [-0.4, -0.2) is 96.7 Å². The first-order valence-electron chi connectivity index (χ1n) is 39.5. The topological polar surface area (TPSA) is 237 Å². The molecule has 0 amide bonds. The molecule has 0 fully saturated rings. The van der Waals surface area contributed by atoms with Crippen molar-refractivity contribution < 1.29 is 80.2 Å². The van der Waals surface area contributed by atoms with Crippen LogP contribution in [0.15, 0.2) is 0 Å². The zero-order chi connectivity index (χ0) is 70.0. The van der Waals surface area contributed by atoms with Gasteiger partial charge in [-0.3, -0.25) is 37.3 Å². The molecule has 5 atom stereocenters. The van der Waals surface area contributed by atoms with E-state index in [4.69, 9.17) is 37.0 Å². The summed E-state index contributed by atoms with van der Waals surface area (Å²) in [4.78, 5) is 72.5. The van der Waals surface area contributed by atoms with E-state index in [0.717, 1.165) is 108 Å². The predicted molar refractivity (Wildman–Crippen MR) is 386 cm³/mol. The highest BCUT2D eigenvalue weighted by molar-refractivity contribution is 7.47. The molecule has 0 aromatic carbocycles. The van der Waals surface area contributed by atoms with Crippen LogP contribution in [0.1, 0.15) is 395 Å². The number of ether oxygens (including phenoxy) is 4. The maximum atomic E-state index is 13.1. The third kappa shape index (κ3) is 70.3. The van der Waals surface area contributed by atoms with E-state index in [1.54, 1.807) is 0 Å². The molecule has 0 aliphatic rings. The minimum absolute atomic E-state index is 0.107. The van der Waals surface area contributed by atoms with E-state index >= 15 is 0 Å². The number of aliphatic hydroxyl groups excluding tert-OH is 1. The summed E-state index contributed by atoms with van der Waals surface area (Å²) in [5.74, 6) is -0.515. The second-order valence-corrected chi connectivity index (χ2v) is 31.3. The van der Waals surface area contributed by atoms with Crippen LogP contribution in [0.5, 0.6) is 0 Å². The number of esters is 4. The first-order valence-corrected chi connectivity index (χ1v) is 42.5. The van der Waals surface area contributed by atoms with Crippen molar-refractivity contribution in [1.29, 1.82) is 0 Å². The van der Waals surface area contributed by atoms with Crippen molar-refractivity contribution in [3.8, 4) is 0 Å². The minimum atomic E-state index is -4.96. The van der Waals surface area contributed by atoms with E-state index in [0.29, 0.717) is 25.7 Å². The van der Waals surface area contributed by atoms with Gasteiger partial charge in [-0.15, -0.1) is 0 Å². The number of unbranched alkanes of at least 4 members (excludes halogenated alkanes) is 45. The van der Waals surface area contributed by atoms with Crippen molar-refractivity contribution >= 4 is 39.5 Å². The highest BCUT2D eigenvalue weighted by atomic mass is 31.2. The SMILES string of the molecule is CCCCCCCCCCCCCCCC(=O)O[C@H](COC(=O)CCCCCCC)COP(=O)(O)OC[C@H](O)COP(=O)(O)OC[C@@H](COC(=O)CCCCCCCCCCCCCCCC(C)C)OC(=O)CCCCCCCCCCCCCCCCCCCCC(C)C. The number of aliphatic hydroxyl groups is 1. The molecule has 0 saturated heterocycles. The van der Waals surface area contributed by atoms with Crippen LogP contribution in [0, 0.1) is 11.8 Å². The molecular weight excluding hydrogens is 1250 g/mol. The molecule has 0 aromatic rings. The molecule has 0 heterocycles. The molecule has 0 aliphatic heterocycles. The number of hydrogen-bond acceptors (Lipinski definition) is 15. The molecule has 0 aliphatic carbocycles. The lowest BCUT2D eigenvalue weighted by Crippen LogP contribution is -2.30. The molecular formula is C76H148O17P2. The van der Waals surface area contributed by atoms with E-state index in [1.807, 2.05) is 0 Å². The monoisotopic (exact) mass is 1400 g/mol. The van der Waals surface area contributed by atoms with Crippen molar-refractivity contribution in [2.45, 2.75) is 413 Å². The van der Waals surface area contributed by atoms with Crippen LogP contribution in [0.2, 0.25) is 0 Å². The molecule has 17 nitrogen and oxygen atoms in total. The quantitative estimate of drug-likeness (QED) is 0.0222. The average Bonchev–Trinajstić information content (AvgIpc) is 3.75. The maximum absolute atomic E-state index is 13.1. The van der Waals surface area contributed by atoms with E-state index in [2.05, 4.69) is 41.5 Å². The molecule has 19 heteroatoms. The Morgan fingerprint density at radius 3 is 0.716 bits per heavy atom. The smallest absolute Gasteiger partial charge is 0.462 e. The summed E-state index contributed by atoms with van der Waals surface area (Å²) < 4.78 is 68.3. The molecule has 0 bridgehead atoms. The van der Waals surface area contributed by atoms with Crippen molar-refractivity contribution in [2.24, 2.45) is 11.8 Å². The van der Waals surface area contributed by atoms with Gasteiger partial charge in [-0.25, -0.2) is 9.13 Å². The summed E-state index contributed by atoms with van der Waals surface area (Å²) in [5.41, 5.74) is 0. The van der Waals surface area contributed by atoms with Crippen LogP contribution < -0.4 is 0 Å². The number of hydrogen-bond donors (Lipinski definition) is 3. The van der Waals surface area contributed by atoms with Gasteiger partial charge in [-0.2, -0.15) is 0 Å². The molecule has 0 saturated carbocycles. The van der Waals surface area contributed by atoms with Crippen LogP contribution in [-0.2, 0) is 65.4 Å². The second-order valence-electron chi connectivity index (χ2n) is 28.3. The van der Waals surface area contributed by atoms with Gasteiger partial charge in [0.05, 0.1) is 26.4 Å². The van der Waals surface area contributed by atoms with E-state index in [9.17, 15) is 43.2 Å². The summed E-state index contributed by atoms with van der Waals surface area (Å²) in [6, 6.07) is 0. The van der Waals surface area contributed by atoms with E-state index in [-0.39, 0.29) is 25.7 Å². The van der Waals surface area contributed by atoms with Gasteiger partial charge < -0.3 is 33.8 Å². The standard InChI is InChI=1S/C76H148O17P2/c1-7-9-11-13-14-15-16-24-32-37-42-48-54-60-75(80)92-71(64-86-73(78)58-52-44-12-10-8-2)66-90-94(82,83)88-62-70(77)63-89-95(84,85)91-67-72(65-87-74(79)59-53-47-41-36-31-28-23-26-30-35-40-46-51-57-69(5)6)93-76(81)61-55-49-43-38-33-27-22-20-18-17-19-21-25-29-34-39-45-50-56-68(3)4/h68-72,77H,7-67H2,1-6H3,(H,82,83)(H,84,85)/t70-,71+,72+/m0/s1. The zero-order valence-corrected chi connectivity index (χ0v) is 63.8. The molecule has 95 heavy (non-hydrogen) atoms. The number of carbonyl (C=O) groups excluding carboxylic acids is 4. The Labute approximate surface area is 581 Å². The number of phosphoric ester groups is 2. The maximum Gasteiger partial charge on any atom is 0.472 e. The van der Waals surface area contributed by atoms with Crippen LogP contribution in [0.25, 0.3) is 0 Å². The first kappa shape index (κ1) is 93.1. The highest BCUT2D eigenvalue weighted by Gasteiger charge is 2.30. The molecule has 2 unspecified atom stereocenters. The lowest BCUT2D eigenvalue weighted by atomic mass is 10.0. The molecule has 0 aromatic heterocycles. The third-order valence-corrected chi connectivity index (χ3v) is 19.6. The lowest BCUT2D eigenvalue weighted by Gasteiger charge is -2.21. The van der Waals surface area contributed by atoms with Gasteiger partial charge in [0.1, 0.15) is 19.3 Å². The summed E-state index contributed by atoms with van der Waals surface area (Å²) in [6.07, 6.45) is 55.9. The van der Waals surface area contributed by atoms with Crippen LogP contribution in [0.4, 0.5) is 0 Å². The van der Waals surface area contributed by atoms with E-state index in [1.165, 1.54) is 205 Å². The van der Waals surface area contributed by atoms with Gasteiger partial charge in [-0.05, 0) is 37.5 Å². The van der Waals surface area contributed by atoms with Crippen LogP contribution in [0.3, 0.4) is 0 Å². The van der Waals surface area contributed by atoms with Crippen molar-refractivity contribution in [1.82, 2.24) is 0 Å². The highest BCUT2D eigenvalue weighted by Crippen LogP contribution is 2.45. The Hall–Kier alpha value is -1.94. The zero-order valence-electron chi connectivity index (χ0n) is 62.0. The van der Waals surface area contributed by atoms with E-state index < -0.39 is 97.5 Å². The molecule has 0 radical (unpaired) electrons. The van der Waals surface area contributed by atoms with Crippen LogP contribution >= 0.6 is 15.6 Å². The van der Waals surface area contributed by atoms with Gasteiger partial charge in [-0.1, -0.05) is 343 Å². The van der Waals surface area contributed by atoms with Gasteiger partial charge in [0.25, 0.3) is 0 Å². The average molecular weight is 1400 g/mol. The Morgan fingerprint density at radius 2 is 0.484 bits per heavy atom. The molecule has 0 rings (SSSR count). The van der Waals surface area contributed by atoms with Crippen molar-refractivity contribution in [3.63, 3.8) is 0 Å².